The van der Waals surface area contributed by atoms with Gasteiger partial charge in [0.1, 0.15) is 11.4 Å². The van der Waals surface area contributed by atoms with Crippen LogP contribution in [-0.4, -0.2) is 43.7 Å². The van der Waals surface area contributed by atoms with Crippen molar-refractivity contribution in [3.05, 3.63) is 29.3 Å². The number of carbonyl (C=O) groups excluding carboxylic acids is 1. The SMILES string of the molecule is CN(C)C(=O)NCCNCc1ccc2c(c1)CC(C)(C)O2. The molecule has 1 heterocycles. The van der Waals surface area contributed by atoms with Crippen LogP contribution in [0.15, 0.2) is 18.2 Å². The van der Waals surface area contributed by atoms with Crippen molar-refractivity contribution < 1.29 is 9.53 Å². The molecule has 0 aliphatic carbocycles. The van der Waals surface area contributed by atoms with E-state index in [2.05, 4.69) is 42.7 Å². The molecule has 0 atom stereocenters. The van der Waals surface area contributed by atoms with E-state index in [1.54, 1.807) is 14.1 Å². The van der Waals surface area contributed by atoms with Gasteiger partial charge in [-0.1, -0.05) is 12.1 Å². The van der Waals surface area contributed by atoms with Crippen molar-refractivity contribution in [3.63, 3.8) is 0 Å². The Morgan fingerprint density at radius 2 is 2.10 bits per heavy atom. The van der Waals surface area contributed by atoms with Gasteiger partial charge in [-0.05, 0) is 31.0 Å². The maximum atomic E-state index is 11.3. The smallest absolute Gasteiger partial charge is 0.316 e. The summed E-state index contributed by atoms with van der Waals surface area (Å²) in [6.45, 7) is 6.39. The van der Waals surface area contributed by atoms with Crippen LogP contribution >= 0.6 is 0 Å². The molecule has 2 rings (SSSR count). The third kappa shape index (κ3) is 4.36. The molecule has 21 heavy (non-hydrogen) atoms. The molecule has 1 aliphatic rings. The molecule has 2 amide bonds. The van der Waals surface area contributed by atoms with Crippen molar-refractivity contribution in [2.75, 3.05) is 27.2 Å². The molecule has 1 aromatic carbocycles. The minimum Gasteiger partial charge on any atom is -0.487 e. The quantitative estimate of drug-likeness (QED) is 0.813. The van der Waals surface area contributed by atoms with Gasteiger partial charge in [0.15, 0.2) is 0 Å². The maximum Gasteiger partial charge on any atom is 0.316 e. The minimum absolute atomic E-state index is 0.0614. The summed E-state index contributed by atoms with van der Waals surface area (Å²) in [4.78, 5) is 12.9. The highest BCUT2D eigenvalue weighted by Gasteiger charge is 2.29. The van der Waals surface area contributed by atoms with Gasteiger partial charge in [-0.3, -0.25) is 0 Å². The predicted octanol–water partition coefficient (Wildman–Crippen LogP) is 1.76. The fourth-order valence-electron chi connectivity index (χ4n) is 2.42. The van der Waals surface area contributed by atoms with Gasteiger partial charge in [0, 0.05) is 40.2 Å². The van der Waals surface area contributed by atoms with Crippen LogP contribution in [0.3, 0.4) is 0 Å². The van der Waals surface area contributed by atoms with Gasteiger partial charge >= 0.3 is 6.03 Å². The topological polar surface area (TPSA) is 53.6 Å². The number of hydrogen-bond acceptors (Lipinski definition) is 3. The Morgan fingerprint density at radius 1 is 1.33 bits per heavy atom. The van der Waals surface area contributed by atoms with Crippen LogP contribution in [-0.2, 0) is 13.0 Å². The molecular weight excluding hydrogens is 266 g/mol. The van der Waals surface area contributed by atoms with Crippen LogP contribution in [0.5, 0.6) is 5.75 Å². The van der Waals surface area contributed by atoms with Crippen molar-refractivity contribution in [1.82, 2.24) is 15.5 Å². The number of urea groups is 1. The average Bonchev–Trinajstić information content (AvgIpc) is 2.71. The van der Waals surface area contributed by atoms with Gasteiger partial charge in [0.25, 0.3) is 0 Å². The number of rotatable bonds is 5. The van der Waals surface area contributed by atoms with E-state index >= 15 is 0 Å². The summed E-state index contributed by atoms with van der Waals surface area (Å²) in [6, 6.07) is 6.28. The molecule has 2 N–H and O–H groups in total. The summed E-state index contributed by atoms with van der Waals surface area (Å²) in [7, 11) is 3.47. The van der Waals surface area contributed by atoms with Crippen molar-refractivity contribution >= 4 is 6.03 Å². The first-order valence-electron chi connectivity index (χ1n) is 7.34. The first-order chi connectivity index (χ1) is 9.87. The average molecular weight is 291 g/mol. The zero-order chi connectivity index (χ0) is 15.5. The molecule has 116 valence electrons. The monoisotopic (exact) mass is 291 g/mol. The maximum absolute atomic E-state index is 11.3. The van der Waals surface area contributed by atoms with Gasteiger partial charge in [0.2, 0.25) is 0 Å². The lowest BCUT2D eigenvalue weighted by molar-refractivity contribution is 0.138. The van der Waals surface area contributed by atoms with Crippen molar-refractivity contribution in [2.45, 2.75) is 32.4 Å². The Kier molecular flexibility index (Phi) is 4.73. The summed E-state index contributed by atoms with van der Waals surface area (Å²) < 4.78 is 5.87. The van der Waals surface area contributed by atoms with Gasteiger partial charge < -0.3 is 20.3 Å². The van der Waals surface area contributed by atoms with E-state index in [9.17, 15) is 4.79 Å². The van der Waals surface area contributed by atoms with Crippen LogP contribution in [0.25, 0.3) is 0 Å². The summed E-state index contributed by atoms with van der Waals surface area (Å²) in [6.07, 6.45) is 0.953. The number of fused-ring (bicyclic) bond motifs is 1. The van der Waals surface area contributed by atoms with Gasteiger partial charge in [0.05, 0.1) is 0 Å². The van der Waals surface area contributed by atoms with Gasteiger partial charge in [-0.2, -0.15) is 0 Å². The highest BCUT2D eigenvalue weighted by atomic mass is 16.5. The Labute approximate surface area is 126 Å². The Morgan fingerprint density at radius 3 is 2.81 bits per heavy atom. The van der Waals surface area contributed by atoms with Crippen LogP contribution < -0.4 is 15.4 Å². The molecule has 1 aliphatic heterocycles. The second-order valence-corrected chi connectivity index (χ2v) is 6.28. The molecule has 1 aromatic rings. The van der Waals surface area contributed by atoms with E-state index < -0.39 is 0 Å². The molecule has 5 nitrogen and oxygen atoms in total. The second-order valence-electron chi connectivity index (χ2n) is 6.28. The molecular formula is C16H25N3O2. The molecule has 0 aromatic heterocycles. The number of hydrogen-bond donors (Lipinski definition) is 2. The van der Waals surface area contributed by atoms with Gasteiger partial charge in [-0.25, -0.2) is 4.79 Å². The van der Waals surface area contributed by atoms with Crippen molar-refractivity contribution in [1.29, 1.82) is 0 Å². The predicted molar refractivity (Wildman–Crippen MR) is 83.6 cm³/mol. The van der Waals surface area contributed by atoms with Gasteiger partial charge in [-0.15, -0.1) is 0 Å². The van der Waals surface area contributed by atoms with Crippen molar-refractivity contribution in [3.8, 4) is 5.75 Å². The zero-order valence-corrected chi connectivity index (χ0v) is 13.3. The van der Waals surface area contributed by atoms with Crippen LogP contribution in [0.1, 0.15) is 25.0 Å². The Bertz CT molecular complexity index is 512. The minimum atomic E-state index is -0.0924. The van der Waals surface area contributed by atoms with E-state index in [4.69, 9.17) is 4.74 Å². The Hall–Kier alpha value is -1.75. The molecule has 0 fully saturated rings. The first kappa shape index (κ1) is 15.6. The third-order valence-corrected chi connectivity index (χ3v) is 3.44. The molecule has 0 radical (unpaired) electrons. The van der Waals surface area contributed by atoms with Crippen molar-refractivity contribution in [2.24, 2.45) is 0 Å². The molecule has 0 saturated carbocycles. The zero-order valence-electron chi connectivity index (χ0n) is 13.3. The molecule has 5 heteroatoms. The number of nitrogens with one attached hydrogen (secondary N) is 2. The van der Waals surface area contributed by atoms with Crippen LogP contribution in [0.4, 0.5) is 4.79 Å². The summed E-state index contributed by atoms with van der Waals surface area (Å²) >= 11 is 0. The fraction of sp³-hybridized carbons (Fsp3) is 0.562. The number of carbonyl (C=O) groups is 1. The summed E-state index contributed by atoms with van der Waals surface area (Å²) in [5.41, 5.74) is 2.43. The Balaban J connectivity index is 1.74. The highest BCUT2D eigenvalue weighted by molar-refractivity contribution is 5.73. The van der Waals surface area contributed by atoms with Crippen LogP contribution in [0.2, 0.25) is 0 Å². The number of nitrogens with zero attached hydrogens (tertiary/aromatic N) is 1. The molecule has 0 saturated heterocycles. The summed E-state index contributed by atoms with van der Waals surface area (Å²) in [5.74, 6) is 1.00. The van der Waals surface area contributed by atoms with Crippen LogP contribution in [0, 0.1) is 0 Å². The second kappa shape index (κ2) is 6.35. The largest absolute Gasteiger partial charge is 0.487 e. The van der Waals surface area contributed by atoms with E-state index in [0.29, 0.717) is 6.54 Å². The summed E-state index contributed by atoms with van der Waals surface area (Å²) in [5, 5.41) is 6.16. The van der Waals surface area contributed by atoms with E-state index in [1.807, 2.05) is 0 Å². The highest BCUT2D eigenvalue weighted by Crippen LogP contribution is 2.35. The standard InChI is InChI=1S/C16H25N3O2/c1-16(2)10-13-9-12(5-6-14(13)21-16)11-17-7-8-18-15(20)19(3)4/h5-6,9,17H,7-8,10-11H2,1-4H3,(H,18,20). The number of benzene rings is 1. The third-order valence-electron chi connectivity index (χ3n) is 3.44. The van der Waals surface area contributed by atoms with E-state index in [0.717, 1.165) is 25.3 Å². The fourth-order valence-corrected chi connectivity index (χ4v) is 2.42. The number of ether oxygens (including phenoxy) is 1. The lowest BCUT2D eigenvalue weighted by atomic mass is 10.0. The normalized spacial score (nSPS) is 15.2. The lowest BCUT2D eigenvalue weighted by Gasteiger charge is -2.16. The van der Waals surface area contributed by atoms with E-state index in [1.165, 1.54) is 16.0 Å². The number of amides is 2. The lowest BCUT2D eigenvalue weighted by Crippen LogP contribution is -2.38. The molecule has 0 unspecified atom stereocenters. The molecule has 0 bridgehead atoms. The van der Waals surface area contributed by atoms with E-state index in [-0.39, 0.29) is 11.6 Å². The first-order valence-corrected chi connectivity index (χ1v) is 7.34. The molecule has 0 spiro atoms.